The number of nitro groups is 1. The summed E-state index contributed by atoms with van der Waals surface area (Å²) in [4.78, 5) is 23.7. The highest BCUT2D eigenvalue weighted by Crippen LogP contribution is 2.62. The molecule has 0 radical (unpaired) electrons. The van der Waals surface area contributed by atoms with E-state index in [4.69, 9.17) is 0 Å². The van der Waals surface area contributed by atoms with Crippen LogP contribution < -0.4 is 4.72 Å². The van der Waals surface area contributed by atoms with Crippen LogP contribution in [-0.4, -0.2) is 24.7 Å². The van der Waals surface area contributed by atoms with Crippen LogP contribution in [0.1, 0.15) is 64.2 Å². The molecule has 0 amide bonds. The molecular formula is C22H28N2O5S. The molecule has 8 heteroatoms. The van der Waals surface area contributed by atoms with Crippen molar-refractivity contribution in [3.05, 3.63) is 34.4 Å². The van der Waals surface area contributed by atoms with Crippen LogP contribution in [0, 0.1) is 33.3 Å². The van der Waals surface area contributed by atoms with Crippen LogP contribution in [0.3, 0.4) is 0 Å². The average Bonchev–Trinajstić information content (AvgIpc) is 2.63. The lowest BCUT2D eigenvalue weighted by Crippen LogP contribution is -2.60. The van der Waals surface area contributed by atoms with Gasteiger partial charge in [0.2, 0.25) is 10.0 Å². The van der Waals surface area contributed by atoms with Crippen LogP contribution >= 0.6 is 0 Å². The molecule has 0 spiro atoms. The van der Waals surface area contributed by atoms with Crippen molar-refractivity contribution in [3.8, 4) is 0 Å². The number of sulfonamides is 1. The second-order valence-corrected chi connectivity index (χ2v) is 12.0. The number of nitrogens with zero attached hydrogens (tertiary/aromatic N) is 1. The van der Waals surface area contributed by atoms with Crippen LogP contribution in [-0.2, 0) is 14.8 Å². The Hall–Kier alpha value is -1.80. The van der Waals surface area contributed by atoms with Gasteiger partial charge in [-0.05, 0) is 93.1 Å². The van der Waals surface area contributed by atoms with Crippen LogP contribution in [0.2, 0.25) is 0 Å². The largest absolute Gasteiger partial charge is 0.298 e. The normalized spacial score (nSPS) is 33.8. The van der Waals surface area contributed by atoms with E-state index in [0.29, 0.717) is 19.3 Å². The SMILES string of the molecule is O=C(CC12CC3CC(CC(C3)C1)C2)C1(NS(=O)(=O)c2ccc([N+](=O)[O-])cc2)CCC1. The first-order chi connectivity index (χ1) is 14.2. The second kappa shape index (κ2) is 6.85. The van der Waals surface area contributed by atoms with Gasteiger partial charge in [0, 0.05) is 18.6 Å². The number of carbonyl (C=O) groups is 1. The van der Waals surface area contributed by atoms with Crippen molar-refractivity contribution in [2.75, 3.05) is 0 Å². The molecule has 0 aromatic heterocycles. The first-order valence-electron chi connectivity index (χ1n) is 11.0. The highest BCUT2D eigenvalue weighted by atomic mass is 32.2. The molecule has 0 unspecified atom stereocenters. The quantitative estimate of drug-likeness (QED) is 0.518. The standard InChI is InChI=1S/C22H28N2O5S/c25-20(14-21-11-15-8-16(12-21)10-17(9-15)13-21)22(6-1-7-22)23-30(28,29)19-4-2-18(3-5-19)24(26)27/h2-5,15-17,23H,1,6-14H2. The number of Topliss-reactive ketones (excluding diaryl/α,β-unsaturated/α-hetero) is 1. The molecule has 6 rings (SSSR count). The number of ketones is 1. The highest BCUT2D eigenvalue weighted by molar-refractivity contribution is 7.89. The molecule has 0 heterocycles. The van der Waals surface area contributed by atoms with E-state index in [-0.39, 0.29) is 21.8 Å². The molecule has 162 valence electrons. The molecule has 1 aromatic carbocycles. The third-order valence-electron chi connectivity index (χ3n) is 8.13. The zero-order chi connectivity index (χ0) is 21.1. The lowest BCUT2D eigenvalue weighted by molar-refractivity contribution is -0.384. The van der Waals surface area contributed by atoms with E-state index < -0.39 is 20.5 Å². The number of nitro benzene ring substituents is 1. The Labute approximate surface area is 176 Å². The van der Waals surface area contributed by atoms with Gasteiger partial charge in [0.15, 0.2) is 5.78 Å². The minimum atomic E-state index is -3.93. The maximum absolute atomic E-state index is 13.5. The van der Waals surface area contributed by atoms with Crippen LogP contribution in [0.15, 0.2) is 29.2 Å². The number of rotatable bonds is 7. The zero-order valence-corrected chi connectivity index (χ0v) is 17.8. The summed E-state index contributed by atoms with van der Waals surface area (Å²) < 4.78 is 28.6. The van der Waals surface area contributed by atoms with Crippen molar-refractivity contribution >= 4 is 21.5 Å². The zero-order valence-electron chi connectivity index (χ0n) is 17.0. The fourth-order valence-electron chi connectivity index (χ4n) is 7.05. The van der Waals surface area contributed by atoms with E-state index in [2.05, 4.69) is 4.72 Å². The summed E-state index contributed by atoms with van der Waals surface area (Å²) in [5.41, 5.74) is -1.10. The molecular weight excluding hydrogens is 404 g/mol. The lowest BCUT2D eigenvalue weighted by Gasteiger charge is -2.57. The van der Waals surface area contributed by atoms with E-state index in [1.165, 1.54) is 43.5 Å². The summed E-state index contributed by atoms with van der Waals surface area (Å²) in [6.07, 6.45) is 9.67. The fraction of sp³-hybridized carbons (Fsp3) is 0.682. The molecule has 0 aliphatic heterocycles. The van der Waals surface area contributed by atoms with Gasteiger partial charge in [-0.1, -0.05) is 0 Å². The number of hydrogen-bond acceptors (Lipinski definition) is 5. The van der Waals surface area contributed by atoms with Crippen LogP contribution in [0.5, 0.6) is 0 Å². The number of non-ortho nitro benzene ring substituents is 1. The van der Waals surface area contributed by atoms with Gasteiger partial charge in [-0.3, -0.25) is 14.9 Å². The van der Waals surface area contributed by atoms with Gasteiger partial charge in [0.1, 0.15) is 0 Å². The molecule has 1 N–H and O–H groups in total. The Morgan fingerprint density at radius 1 is 1.03 bits per heavy atom. The van der Waals surface area contributed by atoms with E-state index in [0.717, 1.165) is 43.4 Å². The Morgan fingerprint density at radius 3 is 2.00 bits per heavy atom. The molecule has 0 atom stereocenters. The fourth-order valence-corrected chi connectivity index (χ4v) is 8.49. The maximum atomic E-state index is 13.5. The third kappa shape index (κ3) is 3.38. The van der Waals surface area contributed by atoms with Gasteiger partial charge in [-0.2, -0.15) is 4.72 Å². The number of carbonyl (C=O) groups excluding carboxylic acids is 1. The van der Waals surface area contributed by atoms with Gasteiger partial charge >= 0.3 is 0 Å². The first kappa shape index (κ1) is 20.1. The van der Waals surface area contributed by atoms with Crippen LogP contribution in [0.25, 0.3) is 0 Å². The van der Waals surface area contributed by atoms with Crippen molar-refractivity contribution in [3.63, 3.8) is 0 Å². The van der Waals surface area contributed by atoms with Crippen molar-refractivity contribution in [1.29, 1.82) is 0 Å². The average molecular weight is 433 g/mol. The predicted molar refractivity (Wildman–Crippen MR) is 110 cm³/mol. The van der Waals surface area contributed by atoms with E-state index in [1.807, 2.05) is 0 Å². The molecule has 0 saturated heterocycles. The molecule has 5 aliphatic carbocycles. The maximum Gasteiger partial charge on any atom is 0.269 e. The van der Waals surface area contributed by atoms with Gasteiger partial charge in [-0.15, -0.1) is 0 Å². The third-order valence-corrected chi connectivity index (χ3v) is 9.68. The van der Waals surface area contributed by atoms with Gasteiger partial charge < -0.3 is 0 Å². The van der Waals surface area contributed by atoms with Crippen LogP contribution in [0.4, 0.5) is 5.69 Å². The molecule has 5 aliphatic rings. The predicted octanol–water partition coefficient (Wildman–Crippen LogP) is 3.97. The molecule has 1 aromatic rings. The van der Waals surface area contributed by atoms with Gasteiger partial charge in [0.05, 0.1) is 15.4 Å². The number of benzene rings is 1. The smallest absolute Gasteiger partial charge is 0.269 e. The van der Waals surface area contributed by atoms with Crippen molar-refractivity contribution in [2.24, 2.45) is 23.2 Å². The Morgan fingerprint density at radius 2 is 1.57 bits per heavy atom. The van der Waals surface area contributed by atoms with Crippen molar-refractivity contribution in [2.45, 2.75) is 74.6 Å². The van der Waals surface area contributed by atoms with E-state index in [9.17, 15) is 23.3 Å². The van der Waals surface area contributed by atoms with E-state index >= 15 is 0 Å². The summed E-state index contributed by atoms with van der Waals surface area (Å²) in [6.45, 7) is 0. The van der Waals surface area contributed by atoms with Crippen molar-refractivity contribution < 1.29 is 18.1 Å². The molecule has 5 saturated carbocycles. The summed E-state index contributed by atoms with van der Waals surface area (Å²) in [5.74, 6) is 2.29. The number of hydrogen-bond donors (Lipinski definition) is 1. The molecule has 7 nitrogen and oxygen atoms in total. The Balaban J connectivity index is 1.34. The number of nitrogens with one attached hydrogen (secondary N) is 1. The summed E-state index contributed by atoms with van der Waals surface area (Å²) in [7, 11) is -3.93. The topological polar surface area (TPSA) is 106 Å². The summed E-state index contributed by atoms with van der Waals surface area (Å²) in [6, 6.07) is 4.82. The molecule has 30 heavy (non-hydrogen) atoms. The lowest BCUT2D eigenvalue weighted by atomic mass is 9.48. The Bertz CT molecular complexity index is 946. The molecule has 4 bridgehead atoms. The second-order valence-electron chi connectivity index (χ2n) is 10.3. The minimum Gasteiger partial charge on any atom is -0.298 e. The highest BCUT2D eigenvalue weighted by Gasteiger charge is 2.55. The van der Waals surface area contributed by atoms with Crippen molar-refractivity contribution in [1.82, 2.24) is 4.72 Å². The molecule has 5 fully saturated rings. The van der Waals surface area contributed by atoms with E-state index in [1.54, 1.807) is 0 Å². The Kier molecular flexibility index (Phi) is 4.60. The minimum absolute atomic E-state index is 0.0398. The van der Waals surface area contributed by atoms with Gasteiger partial charge in [-0.25, -0.2) is 8.42 Å². The summed E-state index contributed by atoms with van der Waals surface area (Å²) >= 11 is 0. The first-order valence-corrected chi connectivity index (χ1v) is 12.5. The summed E-state index contributed by atoms with van der Waals surface area (Å²) in [5, 5.41) is 10.8. The van der Waals surface area contributed by atoms with Gasteiger partial charge in [0.25, 0.3) is 5.69 Å². The monoisotopic (exact) mass is 432 g/mol.